The zero-order valence-corrected chi connectivity index (χ0v) is 19.3. The van der Waals surface area contributed by atoms with E-state index in [9.17, 15) is 4.79 Å². The maximum Gasteiger partial charge on any atom is 0.255 e. The van der Waals surface area contributed by atoms with E-state index in [1.807, 2.05) is 34.9 Å². The summed E-state index contributed by atoms with van der Waals surface area (Å²) in [6.07, 6.45) is 1.95. The summed E-state index contributed by atoms with van der Waals surface area (Å²) in [5.74, 6) is 0.302. The van der Waals surface area contributed by atoms with Gasteiger partial charge in [0.1, 0.15) is 0 Å². The minimum absolute atomic E-state index is 0.183. The van der Waals surface area contributed by atoms with E-state index in [-0.39, 0.29) is 5.91 Å². The van der Waals surface area contributed by atoms with E-state index in [0.717, 1.165) is 39.4 Å². The largest absolute Gasteiger partial charge is 0.369 e. The van der Waals surface area contributed by atoms with Gasteiger partial charge in [-0.25, -0.2) is 4.98 Å². The number of carbonyl (C=O) groups is 1. The van der Waals surface area contributed by atoms with E-state index in [1.54, 1.807) is 12.1 Å². The summed E-state index contributed by atoms with van der Waals surface area (Å²) in [4.78, 5) is 17.0. The first-order valence-corrected chi connectivity index (χ1v) is 11.2. The smallest absolute Gasteiger partial charge is 0.255 e. The summed E-state index contributed by atoms with van der Waals surface area (Å²) in [6, 6.07) is 21.5. The molecule has 0 unspecified atom stereocenters. The van der Waals surface area contributed by atoms with Crippen molar-refractivity contribution in [2.45, 2.75) is 19.4 Å². The molecule has 0 radical (unpaired) electrons. The molecule has 1 amide bonds. The molecule has 152 valence electrons. The lowest BCUT2D eigenvalue weighted by Crippen LogP contribution is -2.11. The number of carbonyl (C=O) groups excluding carboxylic acids is 1. The van der Waals surface area contributed by atoms with Gasteiger partial charge in [-0.2, -0.15) is 0 Å². The highest BCUT2D eigenvalue weighted by atomic mass is 79.9. The van der Waals surface area contributed by atoms with Gasteiger partial charge in [0, 0.05) is 26.7 Å². The van der Waals surface area contributed by atoms with Gasteiger partial charge < -0.3 is 15.6 Å². The minimum Gasteiger partial charge on any atom is -0.369 e. The van der Waals surface area contributed by atoms with E-state index in [4.69, 9.17) is 5.73 Å². The number of hydrogen-bond acceptors (Lipinski definition) is 3. The Bertz CT molecular complexity index is 1200. The molecule has 0 aliphatic heterocycles. The first-order chi connectivity index (χ1) is 14.5. The zero-order valence-electron chi connectivity index (χ0n) is 16.1. The second kappa shape index (κ2) is 9.02. The van der Waals surface area contributed by atoms with E-state index in [2.05, 4.69) is 66.4 Å². The maximum atomic E-state index is 12.6. The number of halogens is 2. The third-order valence-electron chi connectivity index (χ3n) is 4.91. The number of fused-ring (bicyclic) bond motifs is 1. The van der Waals surface area contributed by atoms with Crippen LogP contribution in [0.1, 0.15) is 22.3 Å². The van der Waals surface area contributed by atoms with Crippen LogP contribution >= 0.6 is 31.9 Å². The molecule has 0 bridgehead atoms. The maximum absolute atomic E-state index is 12.6. The first kappa shape index (κ1) is 20.6. The zero-order chi connectivity index (χ0) is 21.1. The number of anilines is 2. The number of nitrogens with zero attached hydrogens (tertiary/aromatic N) is 2. The van der Waals surface area contributed by atoms with Gasteiger partial charge in [-0.05, 0) is 86.7 Å². The van der Waals surface area contributed by atoms with Gasteiger partial charge >= 0.3 is 0 Å². The van der Waals surface area contributed by atoms with Gasteiger partial charge in [0.2, 0.25) is 5.95 Å². The lowest BCUT2D eigenvalue weighted by atomic mass is 10.1. The van der Waals surface area contributed by atoms with Crippen molar-refractivity contribution in [3.63, 3.8) is 0 Å². The van der Waals surface area contributed by atoms with Crippen LogP contribution in [0, 0.1) is 0 Å². The molecular weight excluding hydrogens is 508 g/mol. The molecule has 0 spiro atoms. The Morgan fingerprint density at radius 2 is 1.80 bits per heavy atom. The Morgan fingerprint density at radius 1 is 1.00 bits per heavy atom. The predicted octanol–water partition coefficient (Wildman–Crippen LogP) is 6.03. The van der Waals surface area contributed by atoms with Crippen LogP contribution in [0.4, 0.5) is 11.6 Å². The van der Waals surface area contributed by atoms with Crippen LogP contribution < -0.4 is 11.1 Å². The Balaban J connectivity index is 1.48. The highest BCUT2D eigenvalue weighted by molar-refractivity contribution is 9.13. The number of benzene rings is 3. The summed E-state index contributed by atoms with van der Waals surface area (Å²) < 4.78 is 3.75. The highest BCUT2D eigenvalue weighted by Gasteiger charge is 2.12. The lowest BCUT2D eigenvalue weighted by Gasteiger charge is -2.08. The molecule has 3 aromatic carbocycles. The summed E-state index contributed by atoms with van der Waals surface area (Å²) in [6.45, 7) is 0.788. The van der Waals surface area contributed by atoms with Gasteiger partial charge in [0.25, 0.3) is 5.91 Å². The highest BCUT2D eigenvalue weighted by Crippen LogP contribution is 2.25. The molecule has 1 heterocycles. The minimum atomic E-state index is -0.183. The van der Waals surface area contributed by atoms with Crippen molar-refractivity contribution < 1.29 is 4.79 Å². The second-order valence-electron chi connectivity index (χ2n) is 7.00. The van der Waals surface area contributed by atoms with Crippen LogP contribution in [0.3, 0.4) is 0 Å². The molecule has 0 fully saturated rings. The number of aryl methyl sites for hydroxylation is 2. The van der Waals surface area contributed by atoms with Crippen LogP contribution in [0.15, 0.2) is 75.7 Å². The Hall–Kier alpha value is -2.64. The van der Waals surface area contributed by atoms with Crippen molar-refractivity contribution in [2.24, 2.45) is 0 Å². The summed E-state index contributed by atoms with van der Waals surface area (Å²) in [7, 11) is 0. The quantitative estimate of drug-likeness (QED) is 0.321. The molecule has 0 saturated heterocycles. The van der Waals surface area contributed by atoms with Gasteiger partial charge in [0.15, 0.2) is 0 Å². The normalized spacial score (nSPS) is 11.0. The topological polar surface area (TPSA) is 72.9 Å². The second-order valence-corrected chi connectivity index (χ2v) is 8.71. The standard InChI is InChI=1S/C23H20Br2N4O/c24-18-10-8-16(13-19(18)25)22(30)27-17-9-11-21-20(14-17)28-23(26)29(21)12-4-7-15-5-2-1-3-6-15/h1-3,5-6,8-11,13-14H,4,7,12H2,(H2,26,28)(H,27,30). The third-order valence-corrected chi connectivity index (χ3v) is 6.79. The molecule has 0 aliphatic rings. The van der Waals surface area contributed by atoms with Crippen LogP contribution in [-0.2, 0) is 13.0 Å². The molecule has 0 atom stereocenters. The molecular formula is C23H20Br2N4O. The number of nitrogen functional groups attached to an aromatic ring is 1. The van der Waals surface area contributed by atoms with Gasteiger partial charge in [-0.3, -0.25) is 4.79 Å². The van der Waals surface area contributed by atoms with Crippen molar-refractivity contribution in [2.75, 3.05) is 11.1 Å². The van der Waals surface area contributed by atoms with Crippen LogP contribution in [-0.4, -0.2) is 15.5 Å². The van der Waals surface area contributed by atoms with Crippen LogP contribution in [0.5, 0.6) is 0 Å². The molecule has 4 aromatic rings. The number of nitrogens with one attached hydrogen (secondary N) is 1. The lowest BCUT2D eigenvalue weighted by molar-refractivity contribution is 0.102. The molecule has 4 rings (SSSR count). The Labute approximate surface area is 191 Å². The SMILES string of the molecule is Nc1nc2cc(NC(=O)c3ccc(Br)c(Br)c3)ccc2n1CCCc1ccccc1. The molecule has 1 aromatic heterocycles. The van der Waals surface area contributed by atoms with Gasteiger partial charge in [-0.15, -0.1) is 0 Å². The first-order valence-electron chi connectivity index (χ1n) is 9.57. The van der Waals surface area contributed by atoms with E-state index in [0.29, 0.717) is 17.2 Å². The molecule has 5 nitrogen and oxygen atoms in total. The summed E-state index contributed by atoms with van der Waals surface area (Å²) >= 11 is 6.84. The fourth-order valence-electron chi connectivity index (χ4n) is 3.39. The van der Waals surface area contributed by atoms with Crippen molar-refractivity contribution in [1.29, 1.82) is 0 Å². The van der Waals surface area contributed by atoms with Crippen molar-refractivity contribution >= 4 is 60.4 Å². The number of hydrogen-bond donors (Lipinski definition) is 2. The van der Waals surface area contributed by atoms with E-state index < -0.39 is 0 Å². The fourth-order valence-corrected chi connectivity index (χ4v) is 4.01. The van der Waals surface area contributed by atoms with Gasteiger partial charge in [0.05, 0.1) is 11.0 Å². The van der Waals surface area contributed by atoms with Crippen LogP contribution in [0.25, 0.3) is 11.0 Å². The summed E-state index contributed by atoms with van der Waals surface area (Å²) in [5, 5.41) is 2.93. The van der Waals surface area contributed by atoms with Crippen molar-refractivity contribution in [3.05, 3.63) is 86.8 Å². The van der Waals surface area contributed by atoms with Crippen LogP contribution in [0.2, 0.25) is 0 Å². The average molecular weight is 528 g/mol. The van der Waals surface area contributed by atoms with Crippen molar-refractivity contribution in [3.8, 4) is 0 Å². The molecule has 0 aliphatic carbocycles. The average Bonchev–Trinajstić information content (AvgIpc) is 3.05. The monoisotopic (exact) mass is 526 g/mol. The number of amides is 1. The Kier molecular flexibility index (Phi) is 6.20. The predicted molar refractivity (Wildman–Crippen MR) is 129 cm³/mol. The number of nitrogens with two attached hydrogens (primary N) is 1. The molecule has 0 saturated carbocycles. The number of imidazole rings is 1. The molecule has 3 N–H and O–H groups in total. The van der Waals surface area contributed by atoms with Gasteiger partial charge in [-0.1, -0.05) is 30.3 Å². The third kappa shape index (κ3) is 4.57. The number of aromatic nitrogens is 2. The van der Waals surface area contributed by atoms with E-state index in [1.165, 1.54) is 5.56 Å². The number of rotatable bonds is 6. The van der Waals surface area contributed by atoms with Crippen molar-refractivity contribution in [1.82, 2.24) is 9.55 Å². The van der Waals surface area contributed by atoms with E-state index >= 15 is 0 Å². The summed E-state index contributed by atoms with van der Waals surface area (Å²) in [5.41, 5.74) is 10.4. The molecule has 30 heavy (non-hydrogen) atoms. The fraction of sp³-hybridized carbons (Fsp3) is 0.130. The molecule has 7 heteroatoms. The Morgan fingerprint density at radius 3 is 2.57 bits per heavy atom.